The number of rotatable bonds is 7. The maximum atomic E-state index is 12.6. The van der Waals surface area contributed by atoms with Gasteiger partial charge in [0, 0.05) is 69.1 Å². The average Bonchev–Trinajstić information content (AvgIpc) is 3.44. The van der Waals surface area contributed by atoms with Crippen LogP contribution in [-0.2, 0) is 17.8 Å². The first-order valence-electron chi connectivity index (χ1n) is 15.7. The lowest BCUT2D eigenvalue weighted by molar-refractivity contribution is -0.122. The summed E-state index contributed by atoms with van der Waals surface area (Å²) in [7, 11) is 3.52. The van der Waals surface area contributed by atoms with E-state index in [0.717, 1.165) is 90.8 Å². The monoisotopic (exact) mass is 594 g/mol. The van der Waals surface area contributed by atoms with Gasteiger partial charge in [-0.1, -0.05) is 12.1 Å². The third-order valence-electron chi connectivity index (χ3n) is 9.20. The number of hydrogen-bond acceptors (Lipinski definition) is 6. The highest BCUT2D eigenvalue weighted by atomic mass is 16.3. The number of aromatic nitrogens is 3. The molecule has 0 saturated heterocycles. The molecule has 4 aromatic rings. The third kappa shape index (κ3) is 6.25. The molecule has 44 heavy (non-hydrogen) atoms. The van der Waals surface area contributed by atoms with Crippen LogP contribution in [0.4, 0.5) is 0 Å². The number of aryl methyl sites for hydroxylation is 2. The molecule has 3 heterocycles. The Kier molecular flexibility index (Phi) is 8.51. The number of aliphatic hydroxyl groups is 1. The van der Waals surface area contributed by atoms with E-state index in [1.807, 2.05) is 37.5 Å². The largest absolute Gasteiger partial charge is 0.393 e. The van der Waals surface area contributed by atoms with E-state index >= 15 is 0 Å². The van der Waals surface area contributed by atoms with Gasteiger partial charge in [-0.15, -0.1) is 0 Å². The maximum absolute atomic E-state index is 12.6. The van der Waals surface area contributed by atoms with Gasteiger partial charge >= 0.3 is 0 Å². The van der Waals surface area contributed by atoms with Crippen LogP contribution in [0.5, 0.6) is 0 Å². The molecule has 2 aliphatic rings. The fourth-order valence-corrected chi connectivity index (χ4v) is 6.66. The van der Waals surface area contributed by atoms with E-state index in [2.05, 4.69) is 34.3 Å². The maximum Gasteiger partial charge on any atom is 0.253 e. The predicted molar refractivity (Wildman–Crippen MR) is 172 cm³/mol. The number of hydrogen-bond donors (Lipinski definition) is 3. The van der Waals surface area contributed by atoms with Gasteiger partial charge in [0.2, 0.25) is 5.91 Å². The topological polar surface area (TPSA) is 114 Å². The first-order chi connectivity index (χ1) is 21.2. The van der Waals surface area contributed by atoms with Crippen LogP contribution in [0.1, 0.15) is 64.7 Å². The molecule has 2 aromatic heterocycles. The van der Waals surface area contributed by atoms with Crippen LogP contribution in [0.25, 0.3) is 33.5 Å². The minimum atomic E-state index is -0.217. The lowest BCUT2D eigenvalue weighted by atomic mass is 9.92. The Morgan fingerprint density at radius 2 is 1.84 bits per heavy atom. The third-order valence-corrected chi connectivity index (χ3v) is 9.20. The van der Waals surface area contributed by atoms with Gasteiger partial charge in [0.15, 0.2) is 5.65 Å². The van der Waals surface area contributed by atoms with Gasteiger partial charge in [0.05, 0.1) is 18.0 Å². The summed E-state index contributed by atoms with van der Waals surface area (Å²) < 4.78 is 0. The molecule has 0 bridgehead atoms. The summed E-state index contributed by atoms with van der Waals surface area (Å²) >= 11 is 0. The van der Waals surface area contributed by atoms with Gasteiger partial charge in [-0.3, -0.25) is 14.5 Å². The second-order valence-electron chi connectivity index (χ2n) is 12.7. The van der Waals surface area contributed by atoms with Crippen molar-refractivity contribution >= 4 is 23.0 Å². The van der Waals surface area contributed by atoms with Crippen molar-refractivity contribution in [2.75, 3.05) is 27.2 Å². The molecule has 230 valence electrons. The molecule has 9 heteroatoms. The Hall–Kier alpha value is -4.08. The van der Waals surface area contributed by atoms with Crippen molar-refractivity contribution in [1.29, 1.82) is 0 Å². The summed E-state index contributed by atoms with van der Waals surface area (Å²) in [5.74, 6) is 0.0859. The Bertz CT molecular complexity index is 1700. The molecule has 1 aliphatic heterocycles. The van der Waals surface area contributed by atoms with Crippen molar-refractivity contribution in [3.05, 3.63) is 70.5 Å². The summed E-state index contributed by atoms with van der Waals surface area (Å²) in [5.41, 5.74) is 10.8. The number of aromatic amines is 1. The predicted octanol–water partition coefficient (Wildman–Crippen LogP) is 4.78. The molecular formula is C35H42N6O3. The quantitative estimate of drug-likeness (QED) is 0.284. The minimum Gasteiger partial charge on any atom is -0.393 e. The normalized spacial score (nSPS) is 18.7. The Balaban J connectivity index is 1.19. The first kappa shape index (κ1) is 30.0. The van der Waals surface area contributed by atoms with E-state index in [-0.39, 0.29) is 24.0 Å². The molecule has 0 radical (unpaired) electrons. The van der Waals surface area contributed by atoms with Crippen LogP contribution in [0.15, 0.2) is 42.7 Å². The van der Waals surface area contributed by atoms with Crippen molar-refractivity contribution in [3.63, 3.8) is 0 Å². The molecule has 2 amide bonds. The standard InChI is InChI=1S/C35H42N6O3/c1-21-16-24(17-25-20-41(13-11-28(21)25)14-12-32(43)38-26-6-8-27(42)9-7-26)31-19-37-34-33(39-31)30(18-36-34)23-5-10-29(22(2)15-23)35(44)40(3)4/h5,10,15-19,26-27,42H,6-9,11-14,20H2,1-4H3,(H,36,37)(H,38,43)/t26-,27+. The lowest BCUT2D eigenvalue weighted by Gasteiger charge is -2.30. The van der Waals surface area contributed by atoms with Crippen molar-refractivity contribution < 1.29 is 14.7 Å². The Labute approximate surface area is 258 Å². The zero-order valence-electron chi connectivity index (χ0n) is 26.1. The number of fused-ring (bicyclic) bond motifs is 2. The van der Waals surface area contributed by atoms with E-state index in [1.54, 1.807) is 19.0 Å². The van der Waals surface area contributed by atoms with Crippen LogP contribution >= 0.6 is 0 Å². The van der Waals surface area contributed by atoms with Gasteiger partial charge < -0.3 is 20.3 Å². The summed E-state index contributed by atoms with van der Waals surface area (Å²) in [4.78, 5) is 42.2. The zero-order valence-corrected chi connectivity index (χ0v) is 26.1. The molecular weight excluding hydrogens is 552 g/mol. The van der Waals surface area contributed by atoms with Gasteiger partial charge in [0.1, 0.15) is 5.52 Å². The molecule has 1 aliphatic carbocycles. The summed E-state index contributed by atoms with van der Waals surface area (Å²) in [6, 6.07) is 10.5. The van der Waals surface area contributed by atoms with E-state index in [1.165, 1.54) is 16.7 Å². The molecule has 2 aromatic carbocycles. The highest BCUT2D eigenvalue weighted by molar-refractivity contribution is 5.97. The van der Waals surface area contributed by atoms with E-state index in [9.17, 15) is 14.7 Å². The van der Waals surface area contributed by atoms with Gasteiger partial charge in [0.25, 0.3) is 5.91 Å². The number of carbonyl (C=O) groups excluding carboxylic acids is 2. The van der Waals surface area contributed by atoms with E-state index in [0.29, 0.717) is 12.0 Å². The first-order valence-corrected chi connectivity index (χ1v) is 15.7. The minimum absolute atomic E-state index is 0.0133. The lowest BCUT2D eigenvalue weighted by Crippen LogP contribution is -2.40. The molecule has 0 atom stereocenters. The summed E-state index contributed by atoms with van der Waals surface area (Å²) in [6.07, 6.45) is 8.23. The fraction of sp³-hybridized carbons (Fsp3) is 0.429. The van der Waals surface area contributed by atoms with Crippen LogP contribution in [-0.4, -0.2) is 81.0 Å². The van der Waals surface area contributed by atoms with Gasteiger partial charge in [-0.05, 0) is 92.0 Å². The SMILES string of the molecule is Cc1cc(-c2c[nH]c3ncc(-c4cc(C)c5c(c4)CN(CCC(=O)N[C@H]4CC[C@@H](O)CC4)CC5)nc23)ccc1C(=O)N(C)C. The number of carbonyl (C=O) groups is 2. The number of nitrogens with zero attached hydrogens (tertiary/aromatic N) is 4. The Morgan fingerprint density at radius 3 is 2.59 bits per heavy atom. The number of amides is 2. The van der Waals surface area contributed by atoms with Gasteiger partial charge in [-0.2, -0.15) is 0 Å². The summed E-state index contributed by atoms with van der Waals surface area (Å²) in [6.45, 7) is 6.59. The molecule has 6 rings (SSSR count). The smallest absolute Gasteiger partial charge is 0.253 e. The average molecular weight is 595 g/mol. The molecule has 1 fully saturated rings. The molecule has 3 N–H and O–H groups in total. The number of nitrogens with one attached hydrogen (secondary N) is 2. The molecule has 9 nitrogen and oxygen atoms in total. The van der Waals surface area contributed by atoms with E-state index in [4.69, 9.17) is 9.97 Å². The van der Waals surface area contributed by atoms with Crippen LogP contribution in [0.3, 0.4) is 0 Å². The zero-order chi connectivity index (χ0) is 31.0. The van der Waals surface area contributed by atoms with Crippen molar-refractivity contribution in [1.82, 2.24) is 30.1 Å². The number of aliphatic hydroxyl groups excluding tert-OH is 1. The number of H-pyrrole nitrogens is 1. The van der Waals surface area contributed by atoms with Crippen LogP contribution in [0.2, 0.25) is 0 Å². The van der Waals surface area contributed by atoms with E-state index < -0.39 is 0 Å². The fourth-order valence-electron chi connectivity index (χ4n) is 6.66. The molecule has 0 unspecified atom stereocenters. The van der Waals surface area contributed by atoms with Gasteiger partial charge in [-0.25, -0.2) is 9.97 Å². The molecule has 0 spiro atoms. The second-order valence-corrected chi connectivity index (χ2v) is 12.7. The summed E-state index contributed by atoms with van der Waals surface area (Å²) in [5, 5.41) is 12.9. The second kappa shape index (κ2) is 12.5. The van der Waals surface area contributed by atoms with Crippen molar-refractivity contribution in [2.45, 2.75) is 71.1 Å². The van der Waals surface area contributed by atoms with Crippen molar-refractivity contribution in [2.24, 2.45) is 0 Å². The highest BCUT2D eigenvalue weighted by Gasteiger charge is 2.23. The molecule has 1 saturated carbocycles. The van der Waals surface area contributed by atoms with Crippen LogP contribution in [0, 0.1) is 13.8 Å². The van der Waals surface area contributed by atoms with Crippen LogP contribution < -0.4 is 5.32 Å². The highest BCUT2D eigenvalue weighted by Crippen LogP contribution is 2.32. The number of benzene rings is 2. The Morgan fingerprint density at radius 1 is 1.07 bits per heavy atom. The van der Waals surface area contributed by atoms with Crippen molar-refractivity contribution in [3.8, 4) is 22.4 Å².